The lowest BCUT2D eigenvalue weighted by molar-refractivity contribution is -0.109. The Labute approximate surface area is 87.4 Å². The van der Waals surface area contributed by atoms with Crippen LogP contribution in [-0.2, 0) is 9.59 Å². The van der Waals surface area contributed by atoms with Gasteiger partial charge in [0.1, 0.15) is 12.6 Å². The molecule has 0 saturated heterocycles. The van der Waals surface area contributed by atoms with Gasteiger partial charge in [0.15, 0.2) is 0 Å². The second kappa shape index (κ2) is 6.51. The average molecular weight is 366 g/mol. The van der Waals surface area contributed by atoms with Gasteiger partial charge in [0.2, 0.25) is 0 Å². The molecule has 0 heterocycles. The first-order valence-electron chi connectivity index (χ1n) is 2.87. The van der Waals surface area contributed by atoms with E-state index < -0.39 is 0 Å². The van der Waals surface area contributed by atoms with Crippen molar-refractivity contribution in [3.8, 4) is 0 Å². The summed E-state index contributed by atoms with van der Waals surface area (Å²) in [5.41, 5.74) is 0. The van der Waals surface area contributed by atoms with Crippen molar-refractivity contribution in [3.05, 3.63) is 0 Å². The van der Waals surface area contributed by atoms with E-state index in [9.17, 15) is 9.59 Å². The van der Waals surface area contributed by atoms with Crippen molar-refractivity contribution in [2.24, 2.45) is 0 Å². The molecule has 0 aromatic rings. The summed E-state index contributed by atoms with van der Waals surface area (Å²) in [5, 5.41) is 0. The number of rotatable bonds is 5. The molecule has 0 amide bonds. The third kappa shape index (κ3) is 5.57. The van der Waals surface area contributed by atoms with Gasteiger partial charge in [0, 0.05) is 10.3 Å². The van der Waals surface area contributed by atoms with Gasteiger partial charge in [-0.2, -0.15) is 0 Å². The van der Waals surface area contributed by atoms with E-state index in [1.54, 1.807) is 0 Å². The van der Waals surface area contributed by atoms with E-state index >= 15 is 0 Å². The molecular weight excluding hydrogens is 358 g/mol. The number of alkyl halides is 2. The molecule has 0 bridgehead atoms. The minimum Gasteiger partial charge on any atom is -0.303 e. The second-order valence-electron chi connectivity index (χ2n) is 1.89. The van der Waals surface area contributed by atoms with Crippen molar-refractivity contribution in [2.75, 3.05) is 0 Å². The Balaban J connectivity index is 3.45. The lowest BCUT2D eigenvalue weighted by Gasteiger charge is -2.05. The standard InChI is InChI=1S/C6H8I2O2/c7-5(1-2-9)3-6(8)4-10/h2,4-6H,1,3H2. The summed E-state index contributed by atoms with van der Waals surface area (Å²) in [7, 11) is 0. The molecule has 0 radical (unpaired) electrons. The third-order valence-corrected chi connectivity index (χ3v) is 2.80. The monoisotopic (exact) mass is 366 g/mol. The topological polar surface area (TPSA) is 34.1 Å². The average Bonchev–Trinajstić information content (AvgIpc) is 1.88. The van der Waals surface area contributed by atoms with Gasteiger partial charge in [-0.1, -0.05) is 45.2 Å². The summed E-state index contributed by atoms with van der Waals surface area (Å²) in [4.78, 5) is 20.1. The van der Waals surface area contributed by atoms with Crippen LogP contribution in [-0.4, -0.2) is 20.4 Å². The van der Waals surface area contributed by atoms with Crippen molar-refractivity contribution in [3.63, 3.8) is 0 Å². The molecule has 0 saturated carbocycles. The highest BCUT2D eigenvalue weighted by molar-refractivity contribution is 14.1. The first-order chi connectivity index (χ1) is 4.70. The van der Waals surface area contributed by atoms with Gasteiger partial charge in [-0.25, -0.2) is 0 Å². The Morgan fingerprint density at radius 3 is 2.30 bits per heavy atom. The highest BCUT2D eigenvalue weighted by Gasteiger charge is 2.09. The van der Waals surface area contributed by atoms with Gasteiger partial charge in [0.25, 0.3) is 0 Å². The van der Waals surface area contributed by atoms with Crippen LogP contribution in [0.4, 0.5) is 0 Å². The Morgan fingerprint density at radius 1 is 1.30 bits per heavy atom. The molecule has 0 aliphatic heterocycles. The molecule has 0 aliphatic rings. The predicted octanol–water partition coefficient (Wildman–Crippen LogP) is 1.77. The van der Waals surface area contributed by atoms with Crippen LogP contribution in [0.1, 0.15) is 12.8 Å². The molecule has 2 nitrogen and oxygen atoms in total. The highest BCUT2D eigenvalue weighted by atomic mass is 127. The quantitative estimate of drug-likeness (QED) is 0.423. The maximum atomic E-state index is 10.1. The summed E-state index contributed by atoms with van der Waals surface area (Å²) in [6, 6.07) is 0. The molecule has 0 rings (SSSR count). The fourth-order valence-electron chi connectivity index (χ4n) is 0.501. The van der Waals surface area contributed by atoms with Crippen molar-refractivity contribution in [1.29, 1.82) is 0 Å². The number of aldehydes is 2. The Morgan fingerprint density at radius 2 is 1.90 bits per heavy atom. The van der Waals surface area contributed by atoms with E-state index in [2.05, 4.69) is 45.2 Å². The second-order valence-corrected chi connectivity index (χ2v) is 5.25. The molecule has 4 heteroatoms. The fraction of sp³-hybridized carbons (Fsp3) is 0.667. The molecule has 0 N–H and O–H groups in total. The number of carbonyl (C=O) groups excluding carboxylic acids is 2. The summed E-state index contributed by atoms with van der Waals surface area (Å²) in [6.45, 7) is 0. The largest absolute Gasteiger partial charge is 0.303 e. The van der Waals surface area contributed by atoms with Crippen LogP contribution in [0.25, 0.3) is 0 Å². The zero-order valence-electron chi connectivity index (χ0n) is 5.30. The van der Waals surface area contributed by atoms with Gasteiger partial charge < -0.3 is 9.59 Å². The van der Waals surface area contributed by atoms with Gasteiger partial charge in [-0.3, -0.25) is 0 Å². The third-order valence-electron chi connectivity index (χ3n) is 0.981. The van der Waals surface area contributed by atoms with E-state index in [-0.39, 0.29) is 3.92 Å². The maximum absolute atomic E-state index is 10.1. The van der Waals surface area contributed by atoms with Crippen molar-refractivity contribution in [1.82, 2.24) is 0 Å². The summed E-state index contributed by atoms with van der Waals surface area (Å²) in [6.07, 6.45) is 3.15. The Bertz CT molecular complexity index is 116. The molecule has 0 fully saturated rings. The molecule has 0 aromatic heterocycles. The van der Waals surface area contributed by atoms with Gasteiger partial charge in [0.05, 0.1) is 3.92 Å². The van der Waals surface area contributed by atoms with E-state index in [0.29, 0.717) is 10.3 Å². The highest BCUT2D eigenvalue weighted by Crippen LogP contribution is 2.15. The fourth-order valence-corrected chi connectivity index (χ4v) is 2.84. The van der Waals surface area contributed by atoms with Crippen molar-refractivity contribution >= 4 is 57.8 Å². The first kappa shape index (κ1) is 10.8. The summed E-state index contributed by atoms with van der Waals surface area (Å²) in [5.74, 6) is 0. The lowest BCUT2D eigenvalue weighted by Crippen LogP contribution is -2.08. The van der Waals surface area contributed by atoms with Crippen LogP contribution in [0.3, 0.4) is 0 Å². The number of halogens is 2. The van der Waals surface area contributed by atoms with Crippen LogP contribution in [0.5, 0.6) is 0 Å². The summed E-state index contributed by atoms with van der Waals surface area (Å²) < 4.78 is 0.363. The molecular formula is C6H8I2O2. The minimum atomic E-state index is 0.0550. The first-order valence-corrected chi connectivity index (χ1v) is 5.37. The number of hydrogen-bond acceptors (Lipinski definition) is 2. The number of carbonyl (C=O) groups is 2. The molecule has 0 aliphatic carbocycles. The lowest BCUT2D eigenvalue weighted by atomic mass is 10.2. The molecule has 10 heavy (non-hydrogen) atoms. The van der Waals surface area contributed by atoms with E-state index in [1.807, 2.05) is 0 Å². The summed E-state index contributed by atoms with van der Waals surface area (Å²) >= 11 is 4.26. The Hall–Kier alpha value is 0.800. The number of hydrogen-bond donors (Lipinski definition) is 0. The molecule has 58 valence electrons. The van der Waals surface area contributed by atoms with Crippen LogP contribution < -0.4 is 0 Å². The smallest absolute Gasteiger partial charge is 0.132 e. The molecule has 2 unspecified atom stereocenters. The normalized spacial score (nSPS) is 15.8. The predicted molar refractivity (Wildman–Crippen MR) is 57.0 cm³/mol. The van der Waals surface area contributed by atoms with Gasteiger partial charge in [-0.15, -0.1) is 0 Å². The van der Waals surface area contributed by atoms with Crippen LogP contribution >= 0.6 is 45.2 Å². The molecule has 2 atom stereocenters. The SMILES string of the molecule is O=CCC(I)CC(I)C=O. The van der Waals surface area contributed by atoms with Gasteiger partial charge >= 0.3 is 0 Å². The zero-order valence-corrected chi connectivity index (χ0v) is 9.61. The van der Waals surface area contributed by atoms with E-state index in [4.69, 9.17) is 0 Å². The van der Waals surface area contributed by atoms with Crippen molar-refractivity contribution < 1.29 is 9.59 Å². The van der Waals surface area contributed by atoms with Crippen LogP contribution in [0, 0.1) is 0 Å². The van der Waals surface area contributed by atoms with Crippen LogP contribution in [0.15, 0.2) is 0 Å². The van der Waals surface area contributed by atoms with E-state index in [0.717, 1.165) is 19.0 Å². The van der Waals surface area contributed by atoms with Crippen LogP contribution in [0.2, 0.25) is 0 Å². The Kier molecular flexibility index (Phi) is 7.03. The van der Waals surface area contributed by atoms with E-state index in [1.165, 1.54) is 0 Å². The minimum absolute atomic E-state index is 0.0550. The van der Waals surface area contributed by atoms with Crippen molar-refractivity contribution in [2.45, 2.75) is 20.7 Å². The zero-order chi connectivity index (χ0) is 7.98. The van der Waals surface area contributed by atoms with Gasteiger partial charge in [-0.05, 0) is 6.42 Å². The molecule has 0 spiro atoms. The maximum Gasteiger partial charge on any atom is 0.132 e. The molecule has 0 aromatic carbocycles.